The number of hydrogen-bond acceptors (Lipinski definition) is 4. The van der Waals surface area contributed by atoms with Crippen molar-refractivity contribution in [3.05, 3.63) is 23.8 Å². The van der Waals surface area contributed by atoms with Crippen LogP contribution in [0.2, 0.25) is 0 Å². The van der Waals surface area contributed by atoms with E-state index in [9.17, 15) is 13.5 Å². The molecule has 0 amide bonds. The summed E-state index contributed by atoms with van der Waals surface area (Å²) in [4.78, 5) is -0.261. The molecule has 0 radical (unpaired) electrons. The normalized spacial score (nSPS) is 10.8. The topological polar surface area (TPSA) is 106 Å². The Morgan fingerprint density at radius 3 is 2.40 bits per heavy atom. The van der Waals surface area contributed by atoms with Crippen LogP contribution in [0.1, 0.15) is 5.56 Å². The van der Waals surface area contributed by atoms with E-state index in [4.69, 9.17) is 10.9 Å². The van der Waals surface area contributed by atoms with Crippen molar-refractivity contribution < 1.29 is 13.5 Å². The second-order valence-electron chi connectivity index (χ2n) is 2.89. The van der Waals surface area contributed by atoms with Crippen molar-refractivity contribution in [1.29, 1.82) is 0 Å². The summed E-state index contributed by atoms with van der Waals surface area (Å²) in [6.07, 6.45) is 0.544. The van der Waals surface area contributed by atoms with Gasteiger partial charge in [-0.15, -0.1) is 17.0 Å². The van der Waals surface area contributed by atoms with Crippen LogP contribution in [-0.2, 0) is 16.4 Å². The first-order chi connectivity index (χ1) is 6.45. The minimum Gasteiger partial charge on any atom is -0.507 e. The van der Waals surface area contributed by atoms with Gasteiger partial charge in [0.05, 0.1) is 0 Å². The Kier molecular flexibility index (Phi) is 5.22. The maximum Gasteiger partial charge on any atom is 0.241 e. The minimum atomic E-state index is -3.87. The molecule has 86 valence electrons. The first-order valence-corrected chi connectivity index (χ1v) is 5.54. The second-order valence-corrected chi connectivity index (χ2v) is 4.42. The summed E-state index contributed by atoms with van der Waals surface area (Å²) in [5.41, 5.74) is 6.05. The molecule has 15 heavy (non-hydrogen) atoms. The molecule has 0 bridgehead atoms. The lowest BCUT2D eigenvalue weighted by Crippen LogP contribution is -2.13. The first-order valence-electron chi connectivity index (χ1n) is 4.00. The number of primary sulfonamides is 1. The SMILES string of the molecule is Br.NCCc1ccc(O)c(S(N)(=O)=O)c1. The van der Waals surface area contributed by atoms with Gasteiger partial charge in [0.1, 0.15) is 10.6 Å². The van der Waals surface area contributed by atoms with Crippen LogP contribution in [0.3, 0.4) is 0 Å². The van der Waals surface area contributed by atoms with E-state index in [2.05, 4.69) is 0 Å². The molecule has 5 N–H and O–H groups in total. The Balaban J connectivity index is 0.00000196. The van der Waals surface area contributed by atoms with Crippen LogP contribution in [0, 0.1) is 0 Å². The zero-order chi connectivity index (χ0) is 10.8. The van der Waals surface area contributed by atoms with Gasteiger partial charge in [-0.2, -0.15) is 0 Å². The Bertz CT molecular complexity index is 434. The van der Waals surface area contributed by atoms with E-state index in [-0.39, 0.29) is 27.6 Å². The lowest BCUT2D eigenvalue weighted by molar-refractivity contribution is 0.458. The number of hydrogen-bond donors (Lipinski definition) is 3. The highest BCUT2D eigenvalue weighted by Crippen LogP contribution is 2.22. The molecule has 0 spiro atoms. The molecule has 0 aliphatic carbocycles. The van der Waals surface area contributed by atoms with Crippen LogP contribution >= 0.6 is 17.0 Å². The van der Waals surface area contributed by atoms with Crippen LogP contribution < -0.4 is 10.9 Å². The molecule has 7 heteroatoms. The summed E-state index contributed by atoms with van der Waals surface area (Å²) in [7, 11) is -3.87. The van der Waals surface area contributed by atoms with Crippen molar-refractivity contribution in [2.75, 3.05) is 6.54 Å². The van der Waals surface area contributed by atoms with Gasteiger partial charge in [-0.25, -0.2) is 13.6 Å². The number of aromatic hydroxyl groups is 1. The van der Waals surface area contributed by atoms with Crippen LogP contribution in [0.15, 0.2) is 23.1 Å². The second kappa shape index (κ2) is 5.45. The Hall–Kier alpha value is -0.630. The maximum absolute atomic E-state index is 11.0. The van der Waals surface area contributed by atoms with Crippen molar-refractivity contribution in [3.63, 3.8) is 0 Å². The lowest BCUT2D eigenvalue weighted by Gasteiger charge is -2.04. The summed E-state index contributed by atoms with van der Waals surface area (Å²) >= 11 is 0. The van der Waals surface area contributed by atoms with Crippen LogP contribution in [-0.4, -0.2) is 20.1 Å². The molecule has 0 saturated carbocycles. The third-order valence-electron chi connectivity index (χ3n) is 1.76. The highest BCUT2D eigenvalue weighted by Gasteiger charge is 2.13. The van der Waals surface area contributed by atoms with Crippen molar-refractivity contribution >= 4 is 27.0 Å². The quantitative estimate of drug-likeness (QED) is 0.736. The van der Waals surface area contributed by atoms with Gasteiger partial charge in [-0.3, -0.25) is 0 Å². The van der Waals surface area contributed by atoms with E-state index < -0.39 is 10.0 Å². The summed E-state index contributed by atoms with van der Waals surface area (Å²) < 4.78 is 22.0. The third-order valence-corrected chi connectivity index (χ3v) is 2.70. The van der Waals surface area contributed by atoms with E-state index in [1.807, 2.05) is 0 Å². The fourth-order valence-corrected chi connectivity index (χ4v) is 1.78. The standard InChI is InChI=1S/C8H12N2O3S.BrH/c9-4-3-6-1-2-7(11)8(5-6)14(10,12)13;/h1-2,5,11H,3-4,9H2,(H2,10,12,13);1H. The van der Waals surface area contributed by atoms with Crippen LogP contribution in [0.25, 0.3) is 0 Å². The van der Waals surface area contributed by atoms with E-state index in [1.54, 1.807) is 6.07 Å². The van der Waals surface area contributed by atoms with Gasteiger partial charge in [-0.1, -0.05) is 6.07 Å². The van der Waals surface area contributed by atoms with Crippen molar-refractivity contribution in [2.45, 2.75) is 11.3 Å². The fraction of sp³-hybridized carbons (Fsp3) is 0.250. The monoisotopic (exact) mass is 296 g/mol. The molecule has 1 rings (SSSR count). The molecule has 1 aromatic rings. The molecular weight excluding hydrogens is 284 g/mol. The third kappa shape index (κ3) is 3.78. The Labute approximate surface area is 98.9 Å². The molecule has 0 heterocycles. The predicted octanol–water partition coefficient (Wildman–Crippen LogP) is 0.119. The number of benzene rings is 1. The minimum absolute atomic E-state index is 0. The lowest BCUT2D eigenvalue weighted by atomic mass is 10.1. The fourth-order valence-electron chi connectivity index (χ4n) is 1.11. The number of phenols is 1. The smallest absolute Gasteiger partial charge is 0.241 e. The summed E-state index contributed by atoms with van der Waals surface area (Å²) in [5, 5.41) is 14.2. The number of rotatable bonds is 3. The molecule has 0 aliphatic heterocycles. The van der Waals surface area contributed by atoms with E-state index in [1.165, 1.54) is 12.1 Å². The molecule has 1 aromatic carbocycles. The zero-order valence-electron chi connectivity index (χ0n) is 7.88. The van der Waals surface area contributed by atoms with E-state index in [0.717, 1.165) is 5.56 Å². The highest BCUT2D eigenvalue weighted by molar-refractivity contribution is 8.93. The maximum atomic E-state index is 11.0. The number of nitrogens with two attached hydrogens (primary N) is 2. The summed E-state index contributed by atoms with van der Waals surface area (Å²) in [6, 6.07) is 4.24. The predicted molar refractivity (Wildman–Crippen MR) is 62.6 cm³/mol. The van der Waals surface area contributed by atoms with Gasteiger partial charge in [0.15, 0.2) is 0 Å². The van der Waals surface area contributed by atoms with Crippen molar-refractivity contribution in [2.24, 2.45) is 10.9 Å². The molecule has 0 aliphatic rings. The largest absolute Gasteiger partial charge is 0.507 e. The van der Waals surface area contributed by atoms with Gasteiger partial charge < -0.3 is 10.8 Å². The van der Waals surface area contributed by atoms with Crippen molar-refractivity contribution in [1.82, 2.24) is 0 Å². The summed E-state index contributed by atoms with van der Waals surface area (Å²) in [6.45, 7) is 0.412. The van der Waals surface area contributed by atoms with E-state index in [0.29, 0.717) is 13.0 Å². The molecule has 5 nitrogen and oxygen atoms in total. The van der Waals surface area contributed by atoms with Gasteiger partial charge >= 0.3 is 0 Å². The Morgan fingerprint density at radius 2 is 1.93 bits per heavy atom. The van der Waals surface area contributed by atoms with Crippen molar-refractivity contribution in [3.8, 4) is 5.75 Å². The van der Waals surface area contributed by atoms with Gasteiger partial charge in [0.25, 0.3) is 0 Å². The first kappa shape index (κ1) is 14.4. The average Bonchev–Trinajstić information content (AvgIpc) is 2.07. The van der Waals surface area contributed by atoms with Crippen LogP contribution in [0.4, 0.5) is 0 Å². The molecule has 0 saturated heterocycles. The zero-order valence-corrected chi connectivity index (χ0v) is 10.4. The number of halogens is 1. The molecule has 0 aromatic heterocycles. The molecule has 0 fully saturated rings. The average molecular weight is 297 g/mol. The van der Waals surface area contributed by atoms with Gasteiger partial charge in [0.2, 0.25) is 10.0 Å². The molecular formula is C8H13BrN2O3S. The summed E-state index contributed by atoms with van der Waals surface area (Å²) in [5.74, 6) is -0.340. The number of sulfonamides is 1. The molecule has 0 atom stereocenters. The molecule has 0 unspecified atom stereocenters. The Morgan fingerprint density at radius 1 is 1.33 bits per heavy atom. The van der Waals surface area contributed by atoms with Crippen LogP contribution in [0.5, 0.6) is 5.75 Å². The van der Waals surface area contributed by atoms with E-state index >= 15 is 0 Å². The van der Waals surface area contributed by atoms with Gasteiger partial charge in [-0.05, 0) is 30.7 Å². The number of phenolic OH excluding ortho intramolecular Hbond substituents is 1. The highest BCUT2D eigenvalue weighted by atomic mass is 79.9. The van der Waals surface area contributed by atoms with Gasteiger partial charge in [0, 0.05) is 0 Å².